The summed E-state index contributed by atoms with van der Waals surface area (Å²) in [7, 11) is 0. The van der Waals surface area contributed by atoms with Gasteiger partial charge in [0, 0.05) is 15.0 Å². The minimum Gasteiger partial charge on any atom is -0.288 e. The Morgan fingerprint density at radius 1 is 1.05 bits per heavy atom. The van der Waals surface area contributed by atoms with Gasteiger partial charge in [-0.1, -0.05) is 26.0 Å². The van der Waals surface area contributed by atoms with Gasteiger partial charge in [-0.25, -0.2) is 0 Å². The summed E-state index contributed by atoms with van der Waals surface area (Å²) in [5.41, 5.74) is 3.24. The van der Waals surface area contributed by atoms with Crippen LogP contribution in [0, 0.1) is 0 Å². The lowest BCUT2D eigenvalue weighted by Crippen LogP contribution is -2.04. The highest BCUT2D eigenvalue weighted by Gasteiger charge is 2.16. The molecule has 3 rings (SSSR count). The van der Waals surface area contributed by atoms with E-state index in [2.05, 4.69) is 43.5 Å². The van der Waals surface area contributed by atoms with Crippen molar-refractivity contribution in [2.45, 2.75) is 26.7 Å². The van der Waals surface area contributed by atoms with Crippen molar-refractivity contribution in [2.24, 2.45) is 0 Å². The molecule has 0 bridgehead atoms. The number of hydrogen-bond acceptors (Lipinski definition) is 3. The molecule has 0 saturated carbocycles. The quantitative estimate of drug-likeness (QED) is 0.596. The van der Waals surface area contributed by atoms with E-state index in [9.17, 15) is 4.79 Å². The molecule has 2 heterocycles. The van der Waals surface area contributed by atoms with E-state index in [0.29, 0.717) is 0 Å². The topological polar surface area (TPSA) is 17.1 Å². The maximum Gasteiger partial charge on any atom is 0.203 e. The lowest BCUT2D eigenvalue weighted by atomic mass is 9.97. The number of benzene rings is 1. The Kier molecular flexibility index (Phi) is 3.72. The molecule has 0 unspecified atom stereocenters. The van der Waals surface area contributed by atoms with Gasteiger partial charge in [-0.2, -0.15) is 0 Å². The van der Waals surface area contributed by atoms with Crippen LogP contribution in [0.25, 0.3) is 9.40 Å². The predicted octanol–water partition coefficient (Wildman–Crippen LogP) is 5.32. The number of ketones is 1. The van der Waals surface area contributed by atoms with Crippen molar-refractivity contribution in [3.8, 4) is 0 Å². The van der Waals surface area contributed by atoms with Crippen LogP contribution in [0.5, 0.6) is 0 Å². The first kappa shape index (κ1) is 13.5. The second-order valence-electron chi connectivity index (χ2n) is 4.79. The second kappa shape index (κ2) is 5.51. The van der Waals surface area contributed by atoms with Crippen molar-refractivity contribution in [2.75, 3.05) is 0 Å². The second-order valence-corrected chi connectivity index (χ2v) is 6.82. The SMILES string of the molecule is CCc1ccc(CC)c(C(=O)c2cc3sccc3s2)c1. The van der Waals surface area contributed by atoms with Crippen molar-refractivity contribution in [1.29, 1.82) is 0 Å². The van der Waals surface area contributed by atoms with Gasteiger partial charge in [0.15, 0.2) is 0 Å². The van der Waals surface area contributed by atoms with Crippen molar-refractivity contribution in [3.63, 3.8) is 0 Å². The molecule has 0 atom stereocenters. The molecular weight excluding hydrogens is 284 g/mol. The molecule has 0 aliphatic carbocycles. The van der Waals surface area contributed by atoms with Crippen LogP contribution < -0.4 is 0 Å². The molecule has 102 valence electrons. The summed E-state index contributed by atoms with van der Waals surface area (Å²) < 4.78 is 2.42. The maximum atomic E-state index is 12.8. The average Bonchev–Trinajstić information content (AvgIpc) is 3.07. The summed E-state index contributed by atoms with van der Waals surface area (Å²) in [6.45, 7) is 4.22. The summed E-state index contributed by atoms with van der Waals surface area (Å²) in [5.74, 6) is 0.172. The Hall–Kier alpha value is -1.45. The minimum absolute atomic E-state index is 0.172. The minimum atomic E-state index is 0.172. The predicted molar refractivity (Wildman–Crippen MR) is 88.3 cm³/mol. The summed E-state index contributed by atoms with van der Waals surface area (Å²) in [6.07, 6.45) is 1.86. The lowest BCUT2D eigenvalue weighted by Gasteiger charge is -2.08. The summed E-state index contributed by atoms with van der Waals surface area (Å²) in [4.78, 5) is 13.6. The molecule has 0 amide bonds. The average molecular weight is 300 g/mol. The fourth-order valence-corrected chi connectivity index (χ4v) is 4.44. The van der Waals surface area contributed by atoms with E-state index in [0.717, 1.165) is 28.8 Å². The van der Waals surface area contributed by atoms with E-state index >= 15 is 0 Å². The highest BCUT2D eigenvalue weighted by atomic mass is 32.1. The number of carbonyl (C=O) groups excluding carboxylic acids is 1. The van der Waals surface area contributed by atoms with Crippen LogP contribution in [0.3, 0.4) is 0 Å². The van der Waals surface area contributed by atoms with Crippen molar-refractivity contribution in [1.82, 2.24) is 0 Å². The largest absolute Gasteiger partial charge is 0.288 e. The Morgan fingerprint density at radius 2 is 1.90 bits per heavy atom. The molecule has 0 saturated heterocycles. The number of aryl methyl sites for hydroxylation is 2. The first-order chi connectivity index (χ1) is 9.72. The molecule has 0 radical (unpaired) electrons. The van der Waals surface area contributed by atoms with Crippen LogP contribution >= 0.6 is 22.7 Å². The van der Waals surface area contributed by atoms with Gasteiger partial charge in [-0.15, -0.1) is 22.7 Å². The van der Waals surface area contributed by atoms with Gasteiger partial charge in [-0.05, 0) is 47.5 Å². The Morgan fingerprint density at radius 3 is 2.60 bits per heavy atom. The zero-order valence-corrected chi connectivity index (χ0v) is 13.2. The zero-order valence-electron chi connectivity index (χ0n) is 11.6. The molecule has 20 heavy (non-hydrogen) atoms. The third-order valence-corrected chi connectivity index (χ3v) is 5.66. The Labute approximate surface area is 126 Å². The molecule has 1 nitrogen and oxygen atoms in total. The van der Waals surface area contributed by atoms with Gasteiger partial charge in [-0.3, -0.25) is 4.79 Å². The van der Waals surface area contributed by atoms with Crippen LogP contribution in [0.15, 0.2) is 35.7 Å². The molecule has 2 aromatic heterocycles. The third-order valence-electron chi connectivity index (χ3n) is 3.57. The summed E-state index contributed by atoms with van der Waals surface area (Å²) in [5, 5.41) is 2.07. The smallest absolute Gasteiger partial charge is 0.203 e. The van der Waals surface area contributed by atoms with Crippen molar-refractivity contribution < 1.29 is 4.79 Å². The molecule has 3 heteroatoms. The number of carbonyl (C=O) groups is 1. The molecule has 1 aromatic carbocycles. The maximum absolute atomic E-state index is 12.8. The van der Waals surface area contributed by atoms with Crippen LogP contribution in [-0.4, -0.2) is 5.78 Å². The first-order valence-corrected chi connectivity index (χ1v) is 8.56. The molecular formula is C17H16OS2. The van der Waals surface area contributed by atoms with Gasteiger partial charge >= 0.3 is 0 Å². The highest BCUT2D eigenvalue weighted by molar-refractivity contribution is 7.28. The van der Waals surface area contributed by atoms with E-state index in [1.54, 1.807) is 22.7 Å². The van der Waals surface area contributed by atoms with E-state index in [4.69, 9.17) is 0 Å². The molecule has 0 N–H and O–H groups in total. The normalized spacial score (nSPS) is 11.1. The molecule has 3 aromatic rings. The summed E-state index contributed by atoms with van der Waals surface area (Å²) >= 11 is 3.30. The lowest BCUT2D eigenvalue weighted by molar-refractivity contribution is 0.104. The van der Waals surface area contributed by atoms with Gasteiger partial charge < -0.3 is 0 Å². The monoisotopic (exact) mass is 300 g/mol. The van der Waals surface area contributed by atoms with Crippen molar-refractivity contribution >= 4 is 37.9 Å². The molecule has 0 aliphatic rings. The molecule has 0 aliphatic heterocycles. The van der Waals surface area contributed by atoms with E-state index < -0.39 is 0 Å². The van der Waals surface area contributed by atoms with Gasteiger partial charge in [0.2, 0.25) is 5.78 Å². The van der Waals surface area contributed by atoms with E-state index in [1.807, 2.05) is 6.07 Å². The van der Waals surface area contributed by atoms with Gasteiger partial charge in [0.1, 0.15) is 0 Å². The molecule has 0 spiro atoms. The fraction of sp³-hybridized carbons (Fsp3) is 0.235. The van der Waals surface area contributed by atoms with Crippen LogP contribution in [-0.2, 0) is 12.8 Å². The fourth-order valence-electron chi connectivity index (χ4n) is 2.37. The number of hydrogen-bond donors (Lipinski definition) is 0. The standard InChI is InChI=1S/C17H16OS2/c1-3-11-5-6-12(4-2)13(9-11)17(18)16-10-15-14(20-16)7-8-19-15/h5-10H,3-4H2,1-2H3. The summed E-state index contributed by atoms with van der Waals surface area (Å²) in [6, 6.07) is 10.4. The number of thiophene rings is 2. The highest BCUT2D eigenvalue weighted by Crippen LogP contribution is 2.32. The van der Waals surface area contributed by atoms with E-state index in [-0.39, 0.29) is 5.78 Å². The van der Waals surface area contributed by atoms with Crippen LogP contribution in [0.2, 0.25) is 0 Å². The van der Waals surface area contributed by atoms with Gasteiger partial charge in [0.05, 0.1) is 4.88 Å². The first-order valence-electron chi connectivity index (χ1n) is 6.86. The number of fused-ring (bicyclic) bond motifs is 1. The van der Waals surface area contributed by atoms with E-state index in [1.165, 1.54) is 15.0 Å². The zero-order chi connectivity index (χ0) is 14.1. The van der Waals surface area contributed by atoms with Crippen LogP contribution in [0.1, 0.15) is 40.2 Å². The Balaban J connectivity index is 2.06. The Bertz CT molecular complexity index is 736. The van der Waals surface area contributed by atoms with Crippen LogP contribution in [0.4, 0.5) is 0 Å². The number of rotatable bonds is 4. The molecule has 0 fully saturated rings. The van der Waals surface area contributed by atoms with Gasteiger partial charge in [0.25, 0.3) is 0 Å². The third kappa shape index (κ3) is 2.32. The van der Waals surface area contributed by atoms with Crippen molar-refractivity contribution in [3.05, 3.63) is 57.3 Å².